The minimum Gasteiger partial charge on any atom is -0.358 e. The van der Waals surface area contributed by atoms with Gasteiger partial charge in [-0.05, 0) is 28.7 Å². The third-order valence-corrected chi connectivity index (χ3v) is 4.49. The van der Waals surface area contributed by atoms with Gasteiger partial charge in [-0.3, -0.25) is 9.88 Å². The average Bonchev–Trinajstić information content (AvgIpc) is 3.03. The molecule has 0 aromatic carbocycles. The van der Waals surface area contributed by atoms with E-state index in [1.807, 2.05) is 23.1 Å². The molecule has 8 nitrogen and oxygen atoms in total. The Hall–Kier alpha value is -3.00. The molecule has 1 aliphatic rings. The number of pyridine rings is 2. The van der Waals surface area contributed by atoms with Gasteiger partial charge in [0.2, 0.25) is 11.5 Å². The van der Waals surface area contributed by atoms with Crippen molar-refractivity contribution in [3.05, 3.63) is 64.6 Å². The van der Waals surface area contributed by atoms with Gasteiger partial charge >= 0.3 is 5.82 Å². The third kappa shape index (κ3) is 3.03. The first kappa shape index (κ1) is 15.5. The maximum absolute atomic E-state index is 11.5. The molecule has 0 N–H and O–H groups in total. The molecule has 0 unspecified atom stereocenters. The van der Waals surface area contributed by atoms with Crippen LogP contribution in [0.4, 0.5) is 11.6 Å². The molecular weight excluding hydrogens is 320 g/mol. The number of rotatable bonds is 4. The highest BCUT2D eigenvalue weighted by Crippen LogP contribution is 2.29. The van der Waals surface area contributed by atoms with E-state index in [4.69, 9.17) is 0 Å². The lowest BCUT2D eigenvalue weighted by molar-refractivity contribution is -0.389. The summed E-state index contributed by atoms with van der Waals surface area (Å²) >= 11 is 0. The highest BCUT2D eigenvalue weighted by Gasteiger charge is 2.29. The molecule has 3 aromatic rings. The van der Waals surface area contributed by atoms with Crippen LogP contribution in [0.1, 0.15) is 5.56 Å². The van der Waals surface area contributed by atoms with Crippen LogP contribution in [0.2, 0.25) is 0 Å². The van der Waals surface area contributed by atoms with Gasteiger partial charge in [-0.1, -0.05) is 6.07 Å². The first-order valence-corrected chi connectivity index (χ1v) is 8.20. The van der Waals surface area contributed by atoms with Crippen LogP contribution in [-0.2, 0) is 6.54 Å². The van der Waals surface area contributed by atoms with Gasteiger partial charge in [0.1, 0.15) is 0 Å². The molecule has 0 radical (unpaired) electrons. The standard InChI is InChI=1S/C17H18N6O2/c24-23(25)17-16(19-15-3-1-2-8-22(15)17)21-11-9-20(10-12-21)13-14-4-6-18-7-5-14/h1-8H,9-13H2. The SMILES string of the molecule is O=[N+]([O-])c1c(N2CCN(Cc3ccncc3)CC2)nc2ccccn12. The number of hydrogen-bond donors (Lipinski definition) is 0. The van der Waals surface area contributed by atoms with Crippen LogP contribution in [0.3, 0.4) is 0 Å². The monoisotopic (exact) mass is 338 g/mol. The van der Waals surface area contributed by atoms with Gasteiger partial charge < -0.3 is 15.0 Å². The molecule has 3 aromatic heterocycles. The van der Waals surface area contributed by atoms with Crippen LogP contribution in [-0.4, -0.2) is 50.4 Å². The molecule has 0 aliphatic carbocycles. The predicted octanol–water partition coefficient (Wildman–Crippen LogP) is 1.96. The molecule has 1 fully saturated rings. The summed E-state index contributed by atoms with van der Waals surface area (Å²) in [4.78, 5) is 24.1. The van der Waals surface area contributed by atoms with Gasteiger partial charge in [-0.2, -0.15) is 9.38 Å². The fourth-order valence-corrected chi connectivity index (χ4v) is 3.22. The summed E-state index contributed by atoms with van der Waals surface area (Å²) in [6, 6.07) is 9.43. The molecule has 0 bridgehead atoms. The van der Waals surface area contributed by atoms with Gasteiger partial charge in [-0.25, -0.2) is 0 Å². The van der Waals surface area contributed by atoms with Crippen molar-refractivity contribution < 1.29 is 4.92 Å². The van der Waals surface area contributed by atoms with E-state index in [1.165, 1.54) is 5.56 Å². The lowest BCUT2D eigenvalue weighted by Gasteiger charge is -2.34. The van der Waals surface area contributed by atoms with E-state index < -0.39 is 0 Å². The second kappa shape index (κ2) is 6.48. The van der Waals surface area contributed by atoms with E-state index in [9.17, 15) is 10.1 Å². The molecule has 128 valence electrons. The maximum Gasteiger partial charge on any atom is 0.372 e. The fraction of sp³-hybridized carbons (Fsp3) is 0.294. The molecule has 0 amide bonds. The van der Waals surface area contributed by atoms with Crippen LogP contribution >= 0.6 is 0 Å². The third-order valence-electron chi connectivity index (χ3n) is 4.49. The largest absolute Gasteiger partial charge is 0.372 e. The molecular formula is C17H18N6O2. The smallest absolute Gasteiger partial charge is 0.358 e. The maximum atomic E-state index is 11.5. The zero-order valence-corrected chi connectivity index (χ0v) is 13.7. The van der Waals surface area contributed by atoms with Crippen molar-refractivity contribution >= 4 is 17.3 Å². The Kier molecular flexibility index (Phi) is 4.02. The molecule has 0 saturated carbocycles. The highest BCUT2D eigenvalue weighted by molar-refractivity contribution is 5.63. The summed E-state index contributed by atoms with van der Waals surface area (Å²) in [6.45, 7) is 3.98. The summed E-state index contributed by atoms with van der Waals surface area (Å²) in [5.41, 5.74) is 1.82. The minimum atomic E-state index is -0.349. The second-order valence-electron chi connectivity index (χ2n) is 6.06. The highest BCUT2D eigenvalue weighted by atomic mass is 16.6. The van der Waals surface area contributed by atoms with Crippen molar-refractivity contribution in [2.45, 2.75) is 6.54 Å². The molecule has 4 heterocycles. The number of nitrogens with zero attached hydrogens (tertiary/aromatic N) is 6. The summed E-state index contributed by atoms with van der Waals surface area (Å²) in [5.74, 6) is 0.498. The van der Waals surface area contributed by atoms with Crippen molar-refractivity contribution in [1.29, 1.82) is 0 Å². The fourth-order valence-electron chi connectivity index (χ4n) is 3.22. The van der Waals surface area contributed by atoms with Gasteiger partial charge in [0.15, 0.2) is 0 Å². The van der Waals surface area contributed by atoms with E-state index >= 15 is 0 Å². The van der Waals surface area contributed by atoms with Crippen molar-refractivity contribution in [2.24, 2.45) is 0 Å². The van der Waals surface area contributed by atoms with E-state index in [1.54, 1.807) is 35.1 Å². The number of nitro groups is 1. The van der Waals surface area contributed by atoms with Gasteiger partial charge in [-0.15, -0.1) is 0 Å². The number of hydrogen-bond acceptors (Lipinski definition) is 6. The lowest BCUT2D eigenvalue weighted by atomic mass is 10.2. The number of aromatic nitrogens is 3. The van der Waals surface area contributed by atoms with Gasteiger partial charge in [0, 0.05) is 51.2 Å². The zero-order chi connectivity index (χ0) is 17.2. The Labute approximate surface area is 144 Å². The summed E-state index contributed by atoms with van der Waals surface area (Å²) in [5, 5.41) is 11.5. The van der Waals surface area contributed by atoms with E-state index in [-0.39, 0.29) is 10.7 Å². The summed E-state index contributed by atoms with van der Waals surface area (Å²) < 4.78 is 1.54. The number of piperazine rings is 1. The van der Waals surface area contributed by atoms with Crippen molar-refractivity contribution in [2.75, 3.05) is 31.1 Å². The Bertz CT molecular complexity index is 887. The van der Waals surface area contributed by atoms with Crippen molar-refractivity contribution in [3.63, 3.8) is 0 Å². The van der Waals surface area contributed by atoms with E-state index in [0.29, 0.717) is 11.5 Å². The topological polar surface area (TPSA) is 79.8 Å². The second-order valence-corrected chi connectivity index (χ2v) is 6.06. The van der Waals surface area contributed by atoms with Crippen molar-refractivity contribution in [3.8, 4) is 0 Å². The zero-order valence-electron chi connectivity index (χ0n) is 13.7. The van der Waals surface area contributed by atoms with Crippen molar-refractivity contribution in [1.82, 2.24) is 19.3 Å². The summed E-state index contributed by atoms with van der Waals surface area (Å²) in [6.07, 6.45) is 5.28. The Morgan fingerprint density at radius 1 is 1.08 bits per heavy atom. The Morgan fingerprint density at radius 2 is 1.84 bits per heavy atom. The molecule has 8 heteroatoms. The average molecular weight is 338 g/mol. The Balaban J connectivity index is 1.52. The van der Waals surface area contributed by atoms with Gasteiger partial charge in [0.05, 0.1) is 6.20 Å². The van der Waals surface area contributed by atoms with Crippen LogP contribution in [0.25, 0.3) is 5.65 Å². The minimum absolute atomic E-state index is 0.0400. The quantitative estimate of drug-likeness (QED) is 0.534. The molecule has 4 rings (SSSR count). The first-order valence-electron chi connectivity index (χ1n) is 8.20. The van der Waals surface area contributed by atoms with E-state index in [0.717, 1.165) is 32.7 Å². The number of anilines is 1. The van der Waals surface area contributed by atoms with Crippen LogP contribution in [0, 0.1) is 10.1 Å². The van der Waals surface area contributed by atoms with Crippen LogP contribution in [0.15, 0.2) is 48.9 Å². The predicted molar refractivity (Wildman–Crippen MR) is 93.6 cm³/mol. The first-order chi connectivity index (χ1) is 12.2. The summed E-state index contributed by atoms with van der Waals surface area (Å²) in [7, 11) is 0. The van der Waals surface area contributed by atoms with Crippen LogP contribution < -0.4 is 4.90 Å². The van der Waals surface area contributed by atoms with Crippen LogP contribution in [0.5, 0.6) is 0 Å². The molecule has 1 aliphatic heterocycles. The Morgan fingerprint density at radius 3 is 2.56 bits per heavy atom. The normalized spacial score (nSPS) is 15.6. The lowest BCUT2D eigenvalue weighted by Crippen LogP contribution is -2.46. The number of fused-ring (bicyclic) bond motifs is 1. The number of imidazole rings is 1. The van der Waals surface area contributed by atoms with E-state index in [2.05, 4.69) is 14.9 Å². The molecule has 0 atom stereocenters. The molecule has 1 saturated heterocycles. The molecule has 0 spiro atoms. The van der Waals surface area contributed by atoms with Gasteiger partial charge in [0.25, 0.3) is 0 Å². The molecule has 25 heavy (non-hydrogen) atoms.